The van der Waals surface area contributed by atoms with Crippen LogP contribution in [-0.4, -0.2) is 18.0 Å². The quantitative estimate of drug-likeness (QED) is 0.729. The summed E-state index contributed by atoms with van der Waals surface area (Å²) in [7, 11) is 1.62. The van der Waals surface area contributed by atoms with Gasteiger partial charge in [-0.1, -0.05) is 47.7 Å². The Balaban J connectivity index is 1.80. The number of thiazole rings is 1. The van der Waals surface area contributed by atoms with E-state index in [2.05, 4.69) is 10.3 Å². The molecule has 0 aliphatic rings. The third-order valence-electron chi connectivity index (χ3n) is 3.38. The molecule has 1 heterocycles. The minimum Gasteiger partial charge on any atom is -0.494 e. The molecule has 4 nitrogen and oxygen atoms in total. The fourth-order valence-corrected chi connectivity index (χ4v) is 3.16. The number of nitrogens with zero attached hydrogens (tertiary/aromatic N) is 1. The van der Waals surface area contributed by atoms with Crippen LogP contribution < -0.4 is 10.1 Å². The predicted molar refractivity (Wildman–Crippen MR) is 95.0 cm³/mol. The lowest BCUT2D eigenvalue weighted by atomic mass is 10.2. The molecule has 0 radical (unpaired) electrons. The van der Waals surface area contributed by atoms with Crippen LogP contribution in [0.25, 0.3) is 16.3 Å². The molecule has 3 aromatic rings. The van der Waals surface area contributed by atoms with Gasteiger partial charge < -0.3 is 4.74 Å². The Morgan fingerprint density at radius 1 is 1.22 bits per heavy atom. The van der Waals surface area contributed by atoms with Crippen molar-refractivity contribution in [3.8, 4) is 5.75 Å². The number of ether oxygens (including phenoxy) is 1. The number of hydrogen-bond acceptors (Lipinski definition) is 4. The Labute approximate surface area is 138 Å². The summed E-state index contributed by atoms with van der Waals surface area (Å²) in [5, 5.41) is 3.37. The second-order valence-corrected chi connectivity index (χ2v) is 6.01. The van der Waals surface area contributed by atoms with Gasteiger partial charge in [-0.3, -0.25) is 10.1 Å². The number of nitrogens with one attached hydrogen (secondary N) is 1. The highest BCUT2D eigenvalue weighted by Gasteiger charge is 2.12. The summed E-state index contributed by atoms with van der Waals surface area (Å²) in [5.41, 5.74) is 2.86. The molecule has 0 unspecified atom stereocenters. The average molecular weight is 324 g/mol. The van der Waals surface area contributed by atoms with E-state index < -0.39 is 0 Å². The maximum Gasteiger partial charge on any atom is 0.250 e. The number of carbonyl (C=O) groups is 1. The molecule has 0 fully saturated rings. The number of fused-ring (bicyclic) bond motifs is 1. The highest BCUT2D eigenvalue weighted by Crippen LogP contribution is 2.34. The number of aromatic nitrogens is 1. The predicted octanol–water partition coefficient (Wildman–Crippen LogP) is 4.27. The Bertz CT molecular complexity index is 869. The zero-order valence-corrected chi connectivity index (χ0v) is 13.7. The van der Waals surface area contributed by atoms with Gasteiger partial charge in [-0.25, -0.2) is 4.98 Å². The van der Waals surface area contributed by atoms with Crippen molar-refractivity contribution in [3.63, 3.8) is 0 Å². The second kappa shape index (κ2) is 6.62. The summed E-state index contributed by atoms with van der Waals surface area (Å²) in [6.45, 7) is 2.01. The van der Waals surface area contributed by atoms with Gasteiger partial charge in [0.25, 0.3) is 0 Å². The minimum absolute atomic E-state index is 0.204. The van der Waals surface area contributed by atoms with E-state index in [4.69, 9.17) is 4.74 Å². The molecule has 0 bridgehead atoms. The average Bonchev–Trinajstić information content (AvgIpc) is 2.99. The van der Waals surface area contributed by atoms with Gasteiger partial charge in [-0.05, 0) is 30.2 Å². The van der Waals surface area contributed by atoms with Crippen molar-refractivity contribution < 1.29 is 9.53 Å². The monoisotopic (exact) mass is 324 g/mol. The molecule has 1 aromatic heterocycles. The summed E-state index contributed by atoms with van der Waals surface area (Å²) < 4.78 is 6.34. The lowest BCUT2D eigenvalue weighted by Crippen LogP contribution is -2.07. The molecule has 1 N–H and O–H groups in total. The van der Waals surface area contributed by atoms with E-state index in [1.807, 2.05) is 49.4 Å². The van der Waals surface area contributed by atoms with Gasteiger partial charge >= 0.3 is 0 Å². The molecule has 5 heteroatoms. The molecule has 0 aliphatic carbocycles. The van der Waals surface area contributed by atoms with Gasteiger partial charge in [-0.2, -0.15) is 0 Å². The molecular weight excluding hydrogens is 308 g/mol. The molecule has 0 saturated carbocycles. The van der Waals surface area contributed by atoms with Gasteiger partial charge in [0.15, 0.2) is 5.13 Å². The number of methoxy groups -OCH3 is 1. The van der Waals surface area contributed by atoms with Crippen LogP contribution in [0.5, 0.6) is 5.75 Å². The van der Waals surface area contributed by atoms with Crippen LogP contribution in [0.1, 0.15) is 11.1 Å². The first kappa shape index (κ1) is 15.2. The van der Waals surface area contributed by atoms with Crippen molar-refractivity contribution in [3.05, 3.63) is 59.7 Å². The Morgan fingerprint density at radius 3 is 2.74 bits per heavy atom. The fraction of sp³-hybridized carbons (Fsp3) is 0.111. The number of hydrogen-bond donors (Lipinski definition) is 1. The SMILES string of the molecule is COc1ccc(C)c2sc(NC(=O)/C=C/c3ccccc3)nc12. The summed E-state index contributed by atoms with van der Waals surface area (Å²) >= 11 is 1.45. The van der Waals surface area contributed by atoms with Crippen molar-refractivity contribution in [1.82, 2.24) is 4.98 Å². The highest BCUT2D eigenvalue weighted by atomic mass is 32.1. The molecular formula is C18H16N2O2S. The summed E-state index contributed by atoms with van der Waals surface area (Å²) in [6.07, 6.45) is 3.28. The molecule has 23 heavy (non-hydrogen) atoms. The van der Waals surface area contributed by atoms with E-state index in [0.29, 0.717) is 10.9 Å². The number of carbonyl (C=O) groups excluding carboxylic acids is 1. The zero-order valence-electron chi connectivity index (χ0n) is 12.9. The van der Waals surface area contributed by atoms with E-state index >= 15 is 0 Å². The van der Waals surface area contributed by atoms with Crippen molar-refractivity contribution in [2.24, 2.45) is 0 Å². The van der Waals surface area contributed by atoms with Crippen LogP contribution in [0.15, 0.2) is 48.5 Å². The van der Waals surface area contributed by atoms with E-state index in [0.717, 1.165) is 21.3 Å². The van der Waals surface area contributed by atoms with E-state index in [9.17, 15) is 4.79 Å². The normalized spacial score (nSPS) is 11.0. The van der Waals surface area contributed by atoms with Gasteiger partial charge in [0, 0.05) is 6.08 Å². The smallest absolute Gasteiger partial charge is 0.250 e. The lowest BCUT2D eigenvalue weighted by Gasteiger charge is -2.01. The first-order chi connectivity index (χ1) is 11.2. The van der Waals surface area contributed by atoms with E-state index in [-0.39, 0.29) is 5.91 Å². The summed E-state index contributed by atoms with van der Waals surface area (Å²) in [4.78, 5) is 16.5. The fourth-order valence-electron chi connectivity index (χ4n) is 2.21. The molecule has 116 valence electrons. The molecule has 0 spiro atoms. The Morgan fingerprint density at radius 2 is 2.00 bits per heavy atom. The molecule has 0 saturated heterocycles. The third-order valence-corrected chi connectivity index (χ3v) is 4.49. The number of anilines is 1. The Hall–Kier alpha value is -2.66. The highest BCUT2D eigenvalue weighted by molar-refractivity contribution is 7.22. The van der Waals surface area contributed by atoms with Crippen LogP contribution in [0.3, 0.4) is 0 Å². The molecule has 0 atom stereocenters. The van der Waals surface area contributed by atoms with Crippen molar-refractivity contribution in [1.29, 1.82) is 0 Å². The van der Waals surface area contributed by atoms with Gasteiger partial charge in [0.2, 0.25) is 5.91 Å². The van der Waals surface area contributed by atoms with Crippen LogP contribution in [-0.2, 0) is 4.79 Å². The largest absolute Gasteiger partial charge is 0.494 e. The summed E-state index contributed by atoms with van der Waals surface area (Å²) in [5.74, 6) is 0.506. The number of aryl methyl sites for hydroxylation is 1. The summed E-state index contributed by atoms with van der Waals surface area (Å²) in [6, 6.07) is 13.6. The third kappa shape index (κ3) is 3.40. The molecule has 1 amide bonds. The molecule has 2 aromatic carbocycles. The Kier molecular flexibility index (Phi) is 4.39. The van der Waals surface area contributed by atoms with Crippen molar-refractivity contribution in [2.45, 2.75) is 6.92 Å². The zero-order chi connectivity index (χ0) is 16.2. The number of rotatable bonds is 4. The maximum atomic E-state index is 12.0. The van der Waals surface area contributed by atoms with Crippen LogP contribution >= 0.6 is 11.3 Å². The van der Waals surface area contributed by atoms with Crippen LogP contribution in [0.2, 0.25) is 0 Å². The van der Waals surface area contributed by atoms with Crippen molar-refractivity contribution >= 4 is 38.7 Å². The van der Waals surface area contributed by atoms with Gasteiger partial charge in [-0.15, -0.1) is 0 Å². The molecule has 3 rings (SSSR count). The van der Waals surface area contributed by atoms with E-state index in [1.54, 1.807) is 13.2 Å². The lowest BCUT2D eigenvalue weighted by molar-refractivity contribution is -0.111. The topological polar surface area (TPSA) is 51.2 Å². The van der Waals surface area contributed by atoms with Crippen LogP contribution in [0, 0.1) is 6.92 Å². The number of benzene rings is 2. The standard InChI is InChI=1S/C18H16N2O2S/c1-12-8-10-14(22-2)16-17(12)23-18(20-16)19-15(21)11-9-13-6-4-3-5-7-13/h3-11H,1-2H3,(H,19,20,21)/b11-9+. The van der Waals surface area contributed by atoms with Gasteiger partial charge in [0.05, 0.1) is 11.8 Å². The van der Waals surface area contributed by atoms with Crippen LogP contribution in [0.4, 0.5) is 5.13 Å². The van der Waals surface area contributed by atoms with Gasteiger partial charge in [0.1, 0.15) is 11.3 Å². The maximum absolute atomic E-state index is 12.0. The minimum atomic E-state index is -0.204. The number of amides is 1. The van der Waals surface area contributed by atoms with E-state index in [1.165, 1.54) is 17.4 Å². The van der Waals surface area contributed by atoms with Crippen molar-refractivity contribution in [2.75, 3.05) is 12.4 Å². The first-order valence-corrected chi connectivity index (χ1v) is 7.97. The second-order valence-electron chi connectivity index (χ2n) is 5.01. The first-order valence-electron chi connectivity index (χ1n) is 7.15. The molecule has 0 aliphatic heterocycles.